The molecule has 0 aliphatic carbocycles. The fraction of sp³-hybridized carbons (Fsp3) is 0.286. The van der Waals surface area contributed by atoms with Crippen LogP contribution in [0.3, 0.4) is 0 Å². The van der Waals surface area contributed by atoms with E-state index in [0.717, 1.165) is 23.2 Å². The highest BCUT2D eigenvalue weighted by molar-refractivity contribution is 6.08. The van der Waals surface area contributed by atoms with Crippen LogP contribution in [0.1, 0.15) is 34.0 Å². The molecule has 2 aromatic rings. The van der Waals surface area contributed by atoms with Gasteiger partial charge in [0, 0.05) is 18.3 Å². The molecule has 1 aromatic carbocycles. The summed E-state index contributed by atoms with van der Waals surface area (Å²) in [5.41, 5.74) is 3.60. The average molecular weight is 228 g/mol. The molecule has 0 saturated heterocycles. The lowest BCUT2D eigenvalue weighted by molar-refractivity contribution is 0.103. The third kappa shape index (κ3) is 2.44. The van der Waals surface area contributed by atoms with Gasteiger partial charge in [-0.3, -0.25) is 9.48 Å². The van der Waals surface area contributed by atoms with Crippen molar-refractivity contribution in [3.63, 3.8) is 0 Å². The molecule has 0 amide bonds. The van der Waals surface area contributed by atoms with Crippen molar-refractivity contribution in [3.8, 4) is 0 Å². The Morgan fingerprint density at radius 3 is 2.35 bits per heavy atom. The van der Waals surface area contributed by atoms with Crippen LogP contribution in [0.4, 0.5) is 0 Å². The quantitative estimate of drug-likeness (QED) is 0.757. The number of aromatic nitrogens is 2. The van der Waals surface area contributed by atoms with E-state index in [1.807, 2.05) is 32.9 Å². The summed E-state index contributed by atoms with van der Waals surface area (Å²) in [5.74, 6) is 0.0384. The first-order chi connectivity index (χ1) is 8.10. The van der Waals surface area contributed by atoms with Crippen molar-refractivity contribution < 1.29 is 4.79 Å². The van der Waals surface area contributed by atoms with Gasteiger partial charge in [-0.1, -0.05) is 17.2 Å². The standard InChI is InChI=1S/C14H16N2O/c1-4-16-9-13(8-15-16)14(17)12-6-10(2)5-11(3)7-12/h5-9H,4H2,1-3H3. The van der Waals surface area contributed by atoms with E-state index in [1.54, 1.807) is 17.1 Å². The molecule has 0 bridgehead atoms. The number of hydrogen-bond donors (Lipinski definition) is 0. The molecule has 0 aliphatic rings. The monoisotopic (exact) mass is 228 g/mol. The summed E-state index contributed by atoms with van der Waals surface area (Å²) < 4.78 is 1.76. The molecule has 3 heteroatoms. The first kappa shape index (κ1) is 11.6. The van der Waals surface area contributed by atoms with E-state index in [9.17, 15) is 4.79 Å². The molecule has 0 saturated carbocycles. The molecular formula is C14H16N2O. The Kier molecular flexibility index (Phi) is 3.09. The maximum absolute atomic E-state index is 12.2. The number of nitrogens with zero attached hydrogens (tertiary/aromatic N) is 2. The maximum Gasteiger partial charge on any atom is 0.196 e. The van der Waals surface area contributed by atoms with Gasteiger partial charge in [0.05, 0.1) is 11.8 Å². The van der Waals surface area contributed by atoms with Crippen LogP contribution in [0, 0.1) is 13.8 Å². The van der Waals surface area contributed by atoms with Crippen LogP contribution in [0.5, 0.6) is 0 Å². The van der Waals surface area contributed by atoms with Crippen LogP contribution < -0.4 is 0 Å². The zero-order chi connectivity index (χ0) is 12.4. The molecule has 0 radical (unpaired) electrons. The summed E-state index contributed by atoms with van der Waals surface area (Å²) in [6, 6.07) is 5.89. The molecule has 0 fully saturated rings. The van der Waals surface area contributed by atoms with Gasteiger partial charge in [-0.2, -0.15) is 5.10 Å². The highest BCUT2D eigenvalue weighted by Gasteiger charge is 2.11. The Bertz CT molecular complexity index is 535. The van der Waals surface area contributed by atoms with Crippen molar-refractivity contribution >= 4 is 5.78 Å². The van der Waals surface area contributed by atoms with E-state index >= 15 is 0 Å². The second-order valence-electron chi connectivity index (χ2n) is 4.29. The fourth-order valence-corrected chi connectivity index (χ4v) is 1.93. The van der Waals surface area contributed by atoms with Crippen molar-refractivity contribution in [2.75, 3.05) is 0 Å². The maximum atomic E-state index is 12.2. The van der Waals surface area contributed by atoms with Gasteiger partial charge in [-0.05, 0) is 32.9 Å². The van der Waals surface area contributed by atoms with Crippen LogP contribution in [-0.4, -0.2) is 15.6 Å². The van der Waals surface area contributed by atoms with Crippen molar-refractivity contribution in [1.82, 2.24) is 9.78 Å². The number of carbonyl (C=O) groups excluding carboxylic acids is 1. The molecule has 1 heterocycles. The van der Waals surface area contributed by atoms with E-state index in [2.05, 4.69) is 11.2 Å². The summed E-state index contributed by atoms with van der Waals surface area (Å²) in [7, 11) is 0. The molecule has 17 heavy (non-hydrogen) atoms. The Morgan fingerprint density at radius 1 is 1.18 bits per heavy atom. The van der Waals surface area contributed by atoms with E-state index in [0.29, 0.717) is 5.56 Å². The van der Waals surface area contributed by atoms with Crippen LogP contribution in [0.2, 0.25) is 0 Å². The normalized spacial score (nSPS) is 10.5. The zero-order valence-electron chi connectivity index (χ0n) is 10.4. The minimum atomic E-state index is 0.0384. The number of carbonyl (C=O) groups is 1. The minimum absolute atomic E-state index is 0.0384. The second-order valence-corrected chi connectivity index (χ2v) is 4.29. The largest absolute Gasteiger partial charge is 0.288 e. The molecule has 0 spiro atoms. The Balaban J connectivity index is 2.36. The summed E-state index contributed by atoms with van der Waals surface area (Å²) in [6.07, 6.45) is 3.42. The fourth-order valence-electron chi connectivity index (χ4n) is 1.93. The molecule has 0 unspecified atom stereocenters. The lowest BCUT2D eigenvalue weighted by Gasteiger charge is -2.02. The van der Waals surface area contributed by atoms with E-state index in [4.69, 9.17) is 0 Å². The van der Waals surface area contributed by atoms with E-state index in [-0.39, 0.29) is 5.78 Å². The zero-order valence-corrected chi connectivity index (χ0v) is 10.4. The minimum Gasteiger partial charge on any atom is -0.288 e. The van der Waals surface area contributed by atoms with Crippen molar-refractivity contribution in [1.29, 1.82) is 0 Å². The van der Waals surface area contributed by atoms with Gasteiger partial charge in [-0.25, -0.2) is 0 Å². The van der Waals surface area contributed by atoms with Gasteiger partial charge in [0.25, 0.3) is 0 Å². The third-order valence-corrected chi connectivity index (χ3v) is 2.70. The van der Waals surface area contributed by atoms with Crippen molar-refractivity contribution in [3.05, 3.63) is 52.8 Å². The summed E-state index contributed by atoms with van der Waals surface area (Å²) in [6.45, 7) is 6.77. The van der Waals surface area contributed by atoms with Crippen LogP contribution in [0.15, 0.2) is 30.6 Å². The van der Waals surface area contributed by atoms with Crippen LogP contribution in [-0.2, 0) is 6.54 Å². The average Bonchev–Trinajstić information content (AvgIpc) is 2.75. The third-order valence-electron chi connectivity index (χ3n) is 2.70. The van der Waals surface area contributed by atoms with Gasteiger partial charge < -0.3 is 0 Å². The topological polar surface area (TPSA) is 34.9 Å². The predicted molar refractivity (Wildman–Crippen MR) is 67.2 cm³/mol. The predicted octanol–water partition coefficient (Wildman–Crippen LogP) is 2.75. The summed E-state index contributed by atoms with van der Waals surface area (Å²) in [4.78, 5) is 12.2. The molecule has 2 rings (SSSR count). The highest BCUT2D eigenvalue weighted by atomic mass is 16.1. The SMILES string of the molecule is CCn1cc(C(=O)c2cc(C)cc(C)c2)cn1. The lowest BCUT2D eigenvalue weighted by Crippen LogP contribution is -2.01. The number of ketones is 1. The summed E-state index contributed by atoms with van der Waals surface area (Å²) in [5, 5.41) is 4.12. The van der Waals surface area contributed by atoms with E-state index < -0.39 is 0 Å². The van der Waals surface area contributed by atoms with Gasteiger partial charge >= 0.3 is 0 Å². The number of benzene rings is 1. The number of aryl methyl sites for hydroxylation is 3. The lowest BCUT2D eigenvalue weighted by atomic mass is 10.0. The van der Waals surface area contributed by atoms with Crippen molar-refractivity contribution in [2.24, 2.45) is 0 Å². The Hall–Kier alpha value is -1.90. The van der Waals surface area contributed by atoms with E-state index in [1.165, 1.54) is 0 Å². The van der Waals surface area contributed by atoms with Crippen molar-refractivity contribution in [2.45, 2.75) is 27.3 Å². The van der Waals surface area contributed by atoms with Crippen LogP contribution in [0.25, 0.3) is 0 Å². The molecule has 1 aromatic heterocycles. The Morgan fingerprint density at radius 2 is 1.82 bits per heavy atom. The highest BCUT2D eigenvalue weighted by Crippen LogP contribution is 2.13. The molecule has 0 aliphatic heterocycles. The van der Waals surface area contributed by atoms with Gasteiger partial charge in [0.1, 0.15) is 0 Å². The Labute approximate surface area is 101 Å². The van der Waals surface area contributed by atoms with Gasteiger partial charge in [0.2, 0.25) is 0 Å². The summed E-state index contributed by atoms with van der Waals surface area (Å²) >= 11 is 0. The van der Waals surface area contributed by atoms with Crippen LogP contribution >= 0.6 is 0 Å². The molecule has 0 atom stereocenters. The first-order valence-electron chi connectivity index (χ1n) is 5.75. The number of hydrogen-bond acceptors (Lipinski definition) is 2. The molecular weight excluding hydrogens is 212 g/mol. The number of rotatable bonds is 3. The second kappa shape index (κ2) is 4.53. The van der Waals surface area contributed by atoms with Gasteiger partial charge in [0.15, 0.2) is 5.78 Å². The van der Waals surface area contributed by atoms with Gasteiger partial charge in [-0.15, -0.1) is 0 Å². The smallest absolute Gasteiger partial charge is 0.196 e. The first-order valence-corrected chi connectivity index (χ1v) is 5.75. The molecule has 88 valence electrons. The molecule has 0 N–H and O–H groups in total. The molecule has 3 nitrogen and oxygen atoms in total.